The molecule has 2 rings (SSSR count). The molecule has 0 spiro atoms. The van der Waals surface area contributed by atoms with Crippen LogP contribution < -0.4 is 0 Å². The van der Waals surface area contributed by atoms with Crippen molar-refractivity contribution in [3.05, 3.63) is 0 Å². The van der Waals surface area contributed by atoms with Gasteiger partial charge in [-0.25, -0.2) is 13.2 Å². The molecule has 2 nitrogen and oxygen atoms in total. The SMILES string of the molecule is CCOC1CCC(C2CCC(OC)CC2F)C(F)C1F. The lowest BCUT2D eigenvalue weighted by molar-refractivity contribution is -0.0978. The lowest BCUT2D eigenvalue weighted by Crippen LogP contribution is -2.48. The third kappa shape index (κ3) is 3.30. The van der Waals surface area contributed by atoms with Gasteiger partial charge in [-0.1, -0.05) is 0 Å². The standard InChI is InChI=1S/C15H25F3O2/c1-3-20-13-7-6-11(14(17)15(13)18)10-5-4-9(19-2)8-12(10)16/h9-15H,3-8H2,1-2H3. The first kappa shape index (κ1) is 16.1. The van der Waals surface area contributed by atoms with Crippen LogP contribution in [-0.2, 0) is 9.47 Å². The molecule has 0 amide bonds. The summed E-state index contributed by atoms with van der Waals surface area (Å²) in [6, 6.07) is 0. The van der Waals surface area contributed by atoms with E-state index in [4.69, 9.17) is 9.47 Å². The Kier molecular flexibility index (Phi) is 5.73. The maximum Gasteiger partial charge on any atom is 0.157 e. The van der Waals surface area contributed by atoms with Gasteiger partial charge in [-0.2, -0.15) is 0 Å². The second-order valence-corrected chi connectivity index (χ2v) is 5.97. The van der Waals surface area contributed by atoms with Gasteiger partial charge in [-0.15, -0.1) is 0 Å². The van der Waals surface area contributed by atoms with Gasteiger partial charge in [0.1, 0.15) is 12.3 Å². The molecule has 20 heavy (non-hydrogen) atoms. The van der Waals surface area contributed by atoms with Crippen molar-refractivity contribution in [2.75, 3.05) is 13.7 Å². The second kappa shape index (κ2) is 7.12. The Bertz CT molecular complexity index is 303. The number of ether oxygens (including phenoxy) is 2. The van der Waals surface area contributed by atoms with Gasteiger partial charge >= 0.3 is 0 Å². The number of alkyl halides is 3. The average molecular weight is 294 g/mol. The molecule has 0 N–H and O–H groups in total. The quantitative estimate of drug-likeness (QED) is 0.788. The average Bonchev–Trinajstić information content (AvgIpc) is 2.45. The van der Waals surface area contributed by atoms with Crippen LogP contribution in [-0.4, -0.2) is 44.4 Å². The van der Waals surface area contributed by atoms with Gasteiger partial charge in [-0.3, -0.25) is 0 Å². The van der Waals surface area contributed by atoms with Gasteiger partial charge in [-0.05, 0) is 44.4 Å². The minimum atomic E-state index is -1.62. The van der Waals surface area contributed by atoms with Crippen molar-refractivity contribution in [3.63, 3.8) is 0 Å². The van der Waals surface area contributed by atoms with E-state index >= 15 is 0 Å². The van der Waals surface area contributed by atoms with Crippen LogP contribution in [0.2, 0.25) is 0 Å². The van der Waals surface area contributed by atoms with E-state index in [2.05, 4.69) is 0 Å². The first-order valence-electron chi connectivity index (χ1n) is 7.65. The zero-order valence-corrected chi connectivity index (χ0v) is 12.2. The van der Waals surface area contributed by atoms with Crippen molar-refractivity contribution in [2.24, 2.45) is 11.8 Å². The normalized spacial score (nSPS) is 46.4. The number of hydrogen-bond donors (Lipinski definition) is 0. The summed E-state index contributed by atoms with van der Waals surface area (Å²) in [5.74, 6) is -0.897. The zero-order chi connectivity index (χ0) is 14.7. The third-order valence-corrected chi connectivity index (χ3v) is 4.89. The van der Waals surface area contributed by atoms with Crippen molar-refractivity contribution >= 4 is 0 Å². The molecule has 0 bridgehead atoms. The lowest BCUT2D eigenvalue weighted by Gasteiger charge is -2.42. The fourth-order valence-electron chi connectivity index (χ4n) is 3.76. The molecular formula is C15H25F3O2. The number of methoxy groups -OCH3 is 1. The number of rotatable bonds is 4. The minimum absolute atomic E-state index is 0.0831. The molecule has 2 aliphatic rings. The van der Waals surface area contributed by atoms with Crippen LogP contribution in [0.5, 0.6) is 0 Å². The van der Waals surface area contributed by atoms with Gasteiger partial charge in [0.15, 0.2) is 6.17 Å². The first-order chi connectivity index (χ1) is 9.58. The van der Waals surface area contributed by atoms with Gasteiger partial charge in [0, 0.05) is 20.1 Å². The maximum absolute atomic E-state index is 14.3. The summed E-state index contributed by atoms with van der Waals surface area (Å²) >= 11 is 0. The van der Waals surface area contributed by atoms with Crippen molar-refractivity contribution in [3.8, 4) is 0 Å². The summed E-state index contributed by atoms with van der Waals surface area (Å²) in [5.41, 5.74) is 0. The van der Waals surface area contributed by atoms with Crippen LogP contribution in [0.1, 0.15) is 39.0 Å². The topological polar surface area (TPSA) is 18.5 Å². The van der Waals surface area contributed by atoms with E-state index in [1.807, 2.05) is 0 Å². The molecule has 2 fully saturated rings. The van der Waals surface area contributed by atoms with E-state index in [1.165, 1.54) is 0 Å². The van der Waals surface area contributed by atoms with Crippen LogP contribution in [0.3, 0.4) is 0 Å². The van der Waals surface area contributed by atoms with Gasteiger partial charge < -0.3 is 9.47 Å². The highest BCUT2D eigenvalue weighted by Gasteiger charge is 2.47. The van der Waals surface area contributed by atoms with Crippen molar-refractivity contribution < 1.29 is 22.6 Å². The Labute approximate surface area is 119 Å². The van der Waals surface area contributed by atoms with Crippen LogP contribution >= 0.6 is 0 Å². The molecule has 7 unspecified atom stereocenters. The molecule has 0 aliphatic heterocycles. The highest BCUT2D eigenvalue weighted by molar-refractivity contribution is 4.95. The predicted molar refractivity (Wildman–Crippen MR) is 71.0 cm³/mol. The van der Waals surface area contributed by atoms with Crippen LogP contribution in [0.25, 0.3) is 0 Å². The monoisotopic (exact) mass is 294 g/mol. The third-order valence-electron chi connectivity index (χ3n) is 4.89. The van der Waals surface area contributed by atoms with E-state index < -0.39 is 30.5 Å². The summed E-state index contributed by atoms with van der Waals surface area (Å²) in [6.07, 6.45) is -2.47. The molecule has 5 heteroatoms. The van der Waals surface area contributed by atoms with E-state index in [0.29, 0.717) is 32.3 Å². The Morgan fingerprint density at radius 1 is 0.950 bits per heavy atom. The summed E-state index contributed by atoms with van der Waals surface area (Å²) in [5, 5.41) is 0. The fraction of sp³-hybridized carbons (Fsp3) is 1.00. The minimum Gasteiger partial charge on any atom is -0.381 e. The van der Waals surface area contributed by atoms with Gasteiger partial charge in [0.25, 0.3) is 0 Å². The maximum atomic E-state index is 14.3. The lowest BCUT2D eigenvalue weighted by atomic mass is 9.70. The molecule has 0 saturated heterocycles. The second-order valence-electron chi connectivity index (χ2n) is 5.97. The molecule has 0 aromatic heterocycles. The van der Waals surface area contributed by atoms with Crippen LogP contribution in [0.15, 0.2) is 0 Å². The Hall–Kier alpha value is -0.290. The highest BCUT2D eigenvalue weighted by Crippen LogP contribution is 2.43. The Morgan fingerprint density at radius 3 is 2.25 bits per heavy atom. The first-order valence-corrected chi connectivity index (χ1v) is 7.65. The van der Waals surface area contributed by atoms with E-state index in [0.717, 1.165) is 6.42 Å². The van der Waals surface area contributed by atoms with E-state index in [1.54, 1.807) is 14.0 Å². The summed E-state index contributed by atoms with van der Waals surface area (Å²) in [7, 11) is 1.57. The molecule has 0 aromatic carbocycles. The van der Waals surface area contributed by atoms with Crippen LogP contribution in [0, 0.1) is 11.8 Å². The number of halogens is 3. The van der Waals surface area contributed by atoms with E-state index in [-0.39, 0.29) is 12.0 Å². The van der Waals surface area contributed by atoms with E-state index in [9.17, 15) is 13.2 Å². The van der Waals surface area contributed by atoms with Crippen molar-refractivity contribution in [1.82, 2.24) is 0 Å². The molecular weight excluding hydrogens is 269 g/mol. The smallest absolute Gasteiger partial charge is 0.157 e. The Balaban J connectivity index is 1.96. The van der Waals surface area contributed by atoms with Crippen molar-refractivity contribution in [2.45, 2.75) is 69.8 Å². The molecule has 7 atom stereocenters. The van der Waals surface area contributed by atoms with Crippen molar-refractivity contribution in [1.29, 1.82) is 0 Å². The fourth-order valence-corrected chi connectivity index (χ4v) is 3.76. The molecule has 0 heterocycles. The molecule has 118 valence electrons. The summed E-state index contributed by atoms with van der Waals surface area (Å²) in [4.78, 5) is 0. The summed E-state index contributed by atoms with van der Waals surface area (Å²) in [6.45, 7) is 2.16. The highest BCUT2D eigenvalue weighted by atomic mass is 19.2. The van der Waals surface area contributed by atoms with Crippen LogP contribution in [0.4, 0.5) is 13.2 Å². The predicted octanol–water partition coefficient (Wildman–Crippen LogP) is 3.63. The molecule has 0 radical (unpaired) electrons. The molecule has 0 aromatic rings. The number of hydrogen-bond acceptors (Lipinski definition) is 2. The zero-order valence-electron chi connectivity index (χ0n) is 12.2. The van der Waals surface area contributed by atoms with Gasteiger partial charge in [0.05, 0.1) is 12.2 Å². The largest absolute Gasteiger partial charge is 0.381 e. The Morgan fingerprint density at radius 2 is 1.65 bits per heavy atom. The summed E-state index contributed by atoms with van der Waals surface area (Å²) < 4.78 is 53.0. The van der Waals surface area contributed by atoms with Gasteiger partial charge in [0.2, 0.25) is 0 Å². The molecule has 2 aliphatic carbocycles. The molecule has 2 saturated carbocycles.